The molecule has 1 amide bonds. The summed E-state index contributed by atoms with van der Waals surface area (Å²) in [5, 5.41) is 3.93. The number of hydrogen-bond acceptors (Lipinski definition) is 4. The van der Waals surface area contributed by atoms with Gasteiger partial charge in [-0.15, -0.1) is 11.3 Å². The number of amides is 1. The van der Waals surface area contributed by atoms with Crippen molar-refractivity contribution in [2.45, 2.75) is 39.2 Å². The Balaban J connectivity index is 2.34. The largest absolute Gasteiger partial charge is 0.397 e. The third-order valence-corrected chi connectivity index (χ3v) is 4.81. The van der Waals surface area contributed by atoms with E-state index in [0.717, 1.165) is 23.1 Å². The van der Waals surface area contributed by atoms with Crippen LogP contribution in [0.15, 0.2) is 18.3 Å². The molecule has 0 saturated heterocycles. The number of nitrogens with two attached hydrogens (primary N) is 1. The van der Waals surface area contributed by atoms with Crippen molar-refractivity contribution >= 4 is 33.1 Å². The number of carbonyl (C=O) groups is 1. The van der Waals surface area contributed by atoms with E-state index >= 15 is 0 Å². The van der Waals surface area contributed by atoms with Gasteiger partial charge >= 0.3 is 0 Å². The average Bonchev–Trinajstić information content (AvgIpc) is 2.76. The number of anilines is 1. The predicted molar refractivity (Wildman–Crippen MR) is 80.5 cm³/mol. The highest BCUT2D eigenvalue weighted by Crippen LogP contribution is 2.32. The zero-order chi connectivity index (χ0) is 14.0. The van der Waals surface area contributed by atoms with Gasteiger partial charge in [-0.05, 0) is 31.9 Å². The second-order valence-corrected chi connectivity index (χ2v) is 5.92. The fraction of sp³-hybridized carbons (Fsp3) is 0.429. The molecule has 0 bridgehead atoms. The SMILES string of the molecule is CCC(C)(CC)NC(=O)c1sc2ncccc2c1N. The van der Waals surface area contributed by atoms with Gasteiger partial charge in [0.15, 0.2) is 0 Å². The first-order valence-electron chi connectivity index (χ1n) is 6.46. The average molecular weight is 277 g/mol. The number of rotatable bonds is 4. The van der Waals surface area contributed by atoms with Crippen LogP contribution in [0.5, 0.6) is 0 Å². The number of hydrogen-bond donors (Lipinski definition) is 2. The Kier molecular flexibility index (Phi) is 3.75. The summed E-state index contributed by atoms with van der Waals surface area (Å²) in [7, 11) is 0. The Morgan fingerprint density at radius 2 is 2.16 bits per heavy atom. The second-order valence-electron chi connectivity index (χ2n) is 4.92. The highest BCUT2D eigenvalue weighted by Gasteiger charge is 2.25. The molecule has 0 aliphatic carbocycles. The van der Waals surface area contributed by atoms with Crippen molar-refractivity contribution in [2.75, 3.05) is 5.73 Å². The molecule has 0 spiro atoms. The second kappa shape index (κ2) is 5.17. The summed E-state index contributed by atoms with van der Waals surface area (Å²) in [6.07, 6.45) is 3.48. The fourth-order valence-electron chi connectivity index (χ4n) is 1.88. The van der Waals surface area contributed by atoms with Crippen LogP contribution in [0.4, 0.5) is 5.69 Å². The van der Waals surface area contributed by atoms with E-state index in [9.17, 15) is 4.79 Å². The van der Waals surface area contributed by atoms with Crippen LogP contribution in [0.2, 0.25) is 0 Å². The highest BCUT2D eigenvalue weighted by atomic mass is 32.1. The Hall–Kier alpha value is -1.62. The van der Waals surface area contributed by atoms with Crippen LogP contribution < -0.4 is 11.1 Å². The molecule has 0 radical (unpaired) electrons. The Labute approximate surface area is 117 Å². The molecular weight excluding hydrogens is 258 g/mol. The number of thiophene rings is 1. The van der Waals surface area contributed by atoms with Gasteiger partial charge in [0.25, 0.3) is 5.91 Å². The van der Waals surface area contributed by atoms with Gasteiger partial charge in [-0.3, -0.25) is 4.79 Å². The van der Waals surface area contributed by atoms with E-state index in [-0.39, 0.29) is 11.4 Å². The summed E-state index contributed by atoms with van der Waals surface area (Å²) in [4.78, 5) is 18.0. The normalized spacial score (nSPS) is 11.7. The first kappa shape index (κ1) is 13.8. The molecule has 4 nitrogen and oxygen atoms in total. The Morgan fingerprint density at radius 3 is 2.74 bits per heavy atom. The molecule has 0 aliphatic heterocycles. The third-order valence-electron chi connectivity index (χ3n) is 3.69. The van der Waals surface area contributed by atoms with Gasteiger partial charge in [0.1, 0.15) is 9.71 Å². The lowest BCUT2D eigenvalue weighted by atomic mass is 9.95. The summed E-state index contributed by atoms with van der Waals surface area (Å²) >= 11 is 1.35. The number of nitrogen functional groups attached to an aromatic ring is 1. The van der Waals surface area contributed by atoms with E-state index < -0.39 is 0 Å². The highest BCUT2D eigenvalue weighted by molar-refractivity contribution is 7.21. The van der Waals surface area contributed by atoms with E-state index in [2.05, 4.69) is 24.1 Å². The molecule has 102 valence electrons. The van der Waals surface area contributed by atoms with Crippen molar-refractivity contribution in [1.82, 2.24) is 10.3 Å². The van der Waals surface area contributed by atoms with Gasteiger partial charge in [0.05, 0.1) is 5.69 Å². The van der Waals surface area contributed by atoms with E-state index in [4.69, 9.17) is 5.73 Å². The van der Waals surface area contributed by atoms with Crippen LogP contribution in [0.3, 0.4) is 0 Å². The number of nitrogens with zero attached hydrogens (tertiary/aromatic N) is 1. The van der Waals surface area contributed by atoms with Crippen LogP contribution >= 0.6 is 11.3 Å². The van der Waals surface area contributed by atoms with Crippen molar-refractivity contribution in [3.05, 3.63) is 23.2 Å². The lowest BCUT2D eigenvalue weighted by Crippen LogP contribution is -2.44. The van der Waals surface area contributed by atoms with Gasteiger partial charge in [0, 0.05) is 17.1 Å². The summed E-state index contributed by atoms with van der Waals surface area (Å²) in [6.45, 7) is 6.19. The van der Waals surface area contributed by atoms with Crippen LogP contribution in [-0.4, -0.2) is 16.4 Å². The van der Waals surface area contributed by atoms with Crippen LogP contribution in [-0.2, 0) is 0 Å². The van der Waals surface area contributed by atoms with Crippen molar-refractivity contribution in [1.29, 1.82) is 0 Å². The monoisotopic (exact) mass is 277 g/mol. The smallest absolute Gasteiger partial charge is 0.263 e. The summed E-state index contributed by atoms with van der Waals surface area (Å²) < 4.78 is 0. The molecule has 3 N–H and O–H groups in total. The minimum atomic E-state index is -0.187. The molecular formula is C14H19N3OS. The number of nitrogens with one attached hydrogen (secondary N) is 1. The third kappa shape index (κ3) is 2.56. The molecule has 19 heavy (non-hydrogen) atoms. The van der Waals surface area contributed by atoms with Crippen LogP contribution in [0, 0.1) is 0 Å². The van der Waals surface area contributed by atoms with Crippen LogP contribution in [0.25, 0.3) is 10.2 Å². The van der Waals surface area contributed by atoms with Crippen LogP contribution in [0.1, 0.15) is 43.3 Å². The summed E-state index contributed by atoms with van der Waals surface area (Å²) in [5.41, 5.74) is 6.39. The lowest BCUT2D eigenvalue weighted by molar-refractivity contribution is 0.0906. The van der Waals surface area contributed by atoms with Gasteiger partial charge in [-0.1, -0.05) is 13.8 Å². The molecule has 2 aromatic heterocycles. The fourth-order valence-corrected chi connectivity index (χ4v) is 2.84. The molecule has 0 atom stereocenters. The minimum Gasteiger partial charge on any atom is -0.397 e. The molecule has 0 fully saturated rings. The first-order valence-corrected chi connectivity index (χ1v) is 7.28. The lowest BCUT2D eigenvalue weighted by Gasteiger charge is -2.28. The van der Waals surface area contributed by atoms with Crippen molar-refractivity contribution in [2.24, 2.45) is 0 Å². The number of fused-ring (bicyclic) bond motifs is 1. The van der Waals surface area contributed by atoms with Gasteiger partial charge in [0.2, 0.25) is 0 Å². The maximum Gasteiger partial charge on any atom is 0.263 e. The van der Waals surface area contributed by atoms with Crippen molar-refractivity contribution < 1.29 is 4.79 Å². The van der Waals surface area contributed by atoms with Crippen molar-refractivity contribution in [3.8, 4) is 0 Å². The first-order chi connectivity index (χ1) is 9.00. The zero-order valence-electron chi connectivity index (χ0n) is 11.5. The van der Waals surface area contributed by atoms with Gasteiger partial charge in [-0.2, -0.15) is 0 Å². The van der Waals surface area contributed by atoms with E-state index in [0.29, 0.717) is 10.6 Å². The number of pyridine rings is 1. The topological polar surface area (TPSA) is 68.0 Å². The Morgan fingerprint density at radius 1 is 1.47 bits per heavy atom. The molecule has 0 aromatic carbocycles. The number of aromatic nitrogens is 1. The maximum atomic E-state index is 12.4. The number of carbonyl (C=O) groups excluding carboxylic acids is 1. The predicted octanol–water partition coefficient (Wildman–Crippen LogP) is 3.19. The molecule has 0 saturated carbocycles. The minimum absolute atomic E-state index is 0.105. The zero-order valence-corrected chi connectivity index (χ0v) is 12.3. The van der Waals surface area contributed by atoms with E-state index in [1.54, 1.807) is 6.20 Å². The summed E-state index contributed by atoms with van der Waals surface area (Å²) in [6, 6.07) is 3.72. The summed E-state index contributed by atoms with van der Waals surface area (Å²) in [5.74, 6) is -0.105. The maximum absolute atomic E-state index is 12.4. The van der Waals surface area contributed by atoms with Crippen molar-refractivity contribution in [3.63, 3.8) is 0 Å². The molecule has 2 heterocycles. The molecule has 2 aromatic rings. The van der Waals surface area contributed by atoms with E-state index in [1.807, 2.05) is 19.1 Å². The van der Waals surface area contributed by atoms with Gasteiger partial charge < -0.3 is 11.1 Å². The molecule has 2 rings (SSSR count). The van der Waals surface area contributed by atoms with E-state index in [1.165, 1.54) is 11.3 Å². The van der Waals surface area contributed by atoms with Gasteiger partial charge in [-0.25, -0.2) is 4.98 Å². The quantitative estimate of drug-likeness (QED) is 0.901. The molecule has 0 aliphatic rings. The Bertz CT molecular complexity index is 602. The standard InChI is InChI=1S/C14H19N3OS/c1-4-14(3,5-2)17-12(18)11-10(15)9-7-6-8-16-13(9)19-11/h6-8H,4-5,15H2,1-3H3,(H,17,18). The molecule has 5 heteroatoms. The molecule has 0 unspecified atom stereocenters.